The maximum absolute atomic E-state index is 9.16. The van der Waals surface area contributed by atoms with Crippen molar-refractivity contribution in [1.29, 1.82) is 0 Å². The van der Waals surface area contributed by atoms with Gasteiger partial charge in [0.15, 0.2) is 0 Å². The van der Waals surface area contributed by atoms with Gasteiger partial charge in [-0.1, -0.05) is 173 Å². The van der Waals surface area contributed by atoms with Crippen LogP contribution in [0.25, 0.3) is 49.9 Å². The third kappa shape index (κ3) is 8.02. The third-order valence-electron chi connectivity index (χ3n) is 12.4. The van der Waals surface area contributed by atoms with Crippen molar-refractivity contribution in [1.82, 2.24) is 9.55 Å². The fourth-order valence-corrected chi connectivity index (χ4v) is 8.87. The second-order valence-corrected chi connectivity index (χ2v) is 17.9. The van der Waals surface area contributed by atoms with Gasteiger partial charge < -0.3 is 19.1 Å². The fraction of sp³-hybridized carbons (Fsp3) is 0.115. The summed E-state index contributed by atoms with van der Waals surface area (Å²) in [6, 6.07) is 48.8. The van der Waals surface area contributed by atoms with E-state index in [0.29, 0.717) is 50.5 Å². The molecule has 0 saturated heterocycles. The average molecular weight is 1060 g/mol. The topological polar surface area (TPSA) is 33.5 Å². The van der Waals surface area contributed by atoms with E-state index in [9.17, 15) is 0 Å². The van der Waals surface area contributed by atoms with Gasteiger partial charge in [-0.2, -0.15) is 12.1 Å². The van der Waals surface area contributed by atoms with Crippen molar-refractivity contribution in [2.45, 2.75) is 45.4 Å². The summed E-state index contributed by atoms with van der Waals surface area (Å²) < 4.78 is 87.8. The molecule has 0 radical (unpaired) electrons. The van der Waals surface area contributed by atoms with Crippen LogP contribution in [-0.4, -0.2) is 9.55 Å². The Kier molecular flexibility index (Phi) is 8.95. The maximum atomic E-state index is 9.16. The Balaban J connectivity index is 0.00000657. The molecule has 10 aromatic rings. The number of nitrogens with zero attached hydrogens (tertiary/aromatic N) is 4. The number of rotatable bonds is 9. The van der Waals surface area contributed by atoms with E-state index in [-0.39, 0.29) is 73.8 Å². The molecule has 0 spiro atoms. The van der Waals surface area contributed by atoms with Gasteiger partial charge in [-0.05, 0) is 68.9 Å². The first-order chi connectivity index (χ1) is 35.8. The van der Waals surface area contributed by atoms with E-state index in [1.54, 1.807) is 35.0 Å². The molecule has 332 valence electrons. The molecule has 5 nitrogen and oxygen atoms in total. The van der Waals surface area contributed by atoms with Gasteiger partial charge in [0.25, 0.3) is 0 Å². The zero-order chi connectivity index (χ0) is 52.8. The molecule has 0 aliphatic carbocycles. The summed E-state index contributed by atoms with van der Waals surface area (Å²) in [5, 5.41) is 0.890. The van der Waals surface area contributed by atoms with E-state index >= 15 is 0 Å². The minimum atomic E-state index is -0.467. The Morgan fingerprint density at radius 3 is 2.03 bits per heavy atom. The van der Waals surface area contributed by atoms with Crippen molar-refractivity contribution in [3.8, 4) is 39.6 Å². The number of para-hydroxylation sites is 4. The second kappa shape index (κ2) is 17.5. The quantitative estimate of drug-likeness (QED) is 0.135. The summed E-state index contributed by atoms with van der Waals surface area (Å²) in [6.45, 7) is 12.6. The summed E-state index contributed by atoms with van der Waals surface area (Å²) >= 11 is 0. The fourth-order valence-electron chi connectivity index (χ4n) is 8.87. The van der Waals surface area contributed by atoms with E-state index < -0.39 is 23.5 Å². The molecule has 11 rings (SSSR count). The molecule has 0 atom stereocenters. The van der Waals surface area contributed by atoms with Crippen LogP contribution in [0.4, 0.5) is 22.7 Å². The number of anilines is 4. The molecule has 1 aliphatic rings. The minimum Gasteiger partial charge on any atom is -0.509 e. The van der Waals surface area contributed by atoms with Crippen molar-refractivity contribution in [3.05, 3.63) is 236 Å². The van der Waals surface area contributed by atoms with Crippen LogP contribution in [0.15, 0.2) is 200 Å². The van der Waals surface area contributed by atoms with Gasteiger partial charge in [0.2, 0.25) is 0 Å². The number of pyridine rings is 1. The number of hydrogen-bond donors (Lipinski definition) is 0. The summed E-state index contributed by atoms with van der Waals surface area (Å²) in [7, 11) is 0. The van der Waals surface area contributed by atoms with Gasteiger partial charge in [-0.3, -0.25) is 0 Å². The molecule has 0 fully saturated rings. The molecule has 67 heavy (non-hydrogen) atoms. The van der Waals surface area contributed by atoms with Crippen LogP contribution in [0.2, 0.25) is 0 Å². The van der Waals surface area contributed by atoms with Crippen molar-refractivity contribution in [2.75, 3.05) is 9.80 Å². The van der Waals surface area contributed by atoms with Gasteiger partial charge in [-0.25, -0.2) is 4.98 Å². The Labute approximate surface area is 420 Å². The molecule has 2 aromatic heterocycles. The van der Waals surface area contributed by atoms with Gasteiger partial charge in [-0.15, -0.1) is 48.1 Å². The number of hydrogen-bond acceptors (Lipinski definition) is 4. The summed E-state index contributed by atoms with van der Waals surface area (Å²) in [6.07, 6.45) is 1.72. The molecule has 3 heterocycles. The molecule has 0 bridgehead atoms. The first kappa shape index (κ1) is 34.2. The molecular weight excluding hydrogens is 1000 g/mol. The van der Waals surface area contributed by atoms with E-state index in [2.05, 4.69) is 71.0 Å². The molecular formula is C61H49N4OPt-3. The summed E-state index contributed by atoms with van der Waals surface area (Å²) in [5.74, 6) is 1.11. The molecule has 0 saturated carbocycles. The van der Waals surface area contributed by atoms with Gasteiger partial charge in [0.1, 0.15) is 5.82 Å². The minimum absolute atomic E-state index is 0. The predicted molar refractivity (Wildman–Crippen MR) is 272 cm³/mol. The van der Waals surface area contributed by atoms with E-state index in [1.165, 1.54) is 0 Å². The standard InChI is InChI=1S/C61H49N4O.Pt/c1-60(2,3)45-24-16-21-43(37-45)51-29-18-28-50(42-19-8-6-9-20-42)59(51)64-41-63(55-31-14-15-32-56(55)64)47-25-17-26-48(39-47)66-49-33-34-53-52-27-12-13-30-54(52)65(57(53)40-49)58-38-46(35-36-62-58)61(4,5)44-22-10-7-11-23-44;/h6-38,41H,1-5H3;/q-3;/i6D,8D,9D,12D,13D,19D,20D,27D,30D;. The predicted octanol–water partition coefficient (Wildman–Crippen LogP) is 15.9. The Morgan fingerprint density at radius 2 is 1.24 bits per heavy atom. The second-order valence-electron chi connectivity index (χ2n) is 17.9. The molecule has 0 amide bonds. The van der Waals surface area contributed by atoms with Crippen LogP contribution in [-0.2, 0) is 31.9 Å². The van der Waals surface area contributed by atoms with Crippen LogP contribution in [0.3, 0.4) is 0 Å². The summed E-state index contributed by atoms with van der Waals surface area (Å²) in [4.78, 5) is 8.77. The van der Waals surface area contributed by atoms with Crippen molar-refractivity contribution in [3.63, 3.8) is 0 Å². The monoisotopic (exact) mass is 1060 g/mol. The molecule has 6 heteroatoms. The van der Waals surface area contributed by atoms with Crippen LogP contribution in [0.1, 0.15) is 63.6 Å². The Hall–Kier alpha value is -7.20. The van der Waals surface area contributed by atoms with Gasteiger partial charge in [0, 0.05) is 77.9 Å². The number of ether oxygens (including phenoxy) is 1. The normalized spacial score (nSPS) is 14.5. The largest absolute Gasteiger partial charge is 0.509 e. The first-order valence-corrected chi connectivity index (χ1v) is 21.9. The van der Waals surface area contributed by atoms with Crippen molar-refractivity contribution < 1.29 is 38.1 Å². The van der Waals surface area contributed by atoms with E-state index in [0.717, 1.165) is 39.2 Å². The maximum Gasteiger partial charge on any atom is 0.135 e. The summed E-state index contributed by atoms with van der Waals surface area (Å²) in [5.41, 5.74) is 8.29. The Morgan fingerprint density at radius 1 is 0.567 bits per heavy atom. The molecule has 0 unspecified atom stereocenters. The zero-order valence-electron chi connectivity index (χ0n) is 46.4. The number of fused-ring (bicyclic) bond motifs is 4. The number of benzene rings is 8. The SMILES string of the molecule is [2H]c1c([2H])c([2H])c(-c2cccc(-c3cccc(C(C)(C)C)c3)c2N2[CH-]N(c3[c-]c(Oc4[c-]c5c(cc4)c4c([2H])c([2H])c([2H])c([2H])c4n5-c4cc(C(C)(C)c5ccccc5)ccn4)ccc3)c3ccccc32)c([2H])c1[2H].[Pt]. The van der Waals surface area contributed by atoms with Crippen molar-refractivity contribution in [2.24, 2.45) is 0 Å². The molecule has 0 N–H and O–H groups in total. The van der Waals surface area contributed by atoms with Crippen LogP contribution in [0.5, 0.6) is 11.5 Å². The molecule has 8 aromatic carbocycles. The van der Waals surface area contributed by atoms with E-state index in [4.69, 9.17) is 22.1 Å². The molecule has 1 aliphatic heterocycles. The van der Waals surface area contributed by atoms with Crippen LogP contribution < -0.4 is 14.5 Å². The van der Waals surface area contributed by atoms with Crippen LogP contribution >= 0.6 is 0 Å². The van der Waals surface area contributed by atoms with Crippen molar-refractivity contribution >= 4 is 44.6 Å². The first-order valence-electron chi connectivity index (χ1n) is 26.4. The van der Waals surface area contributed by atoms with E-state index in [1.807, 2.05) is 107 Å². The van der Waals surface area contributed by atoms with Gasteiger partial charge in [0.05, 0.1) is 12.3 Å². The zero-order valence-corrected chi connectivity index (χ0v) is 39.7. The average Bonchev–Trinajstić information content (AvgIpc) is 3.97. The smallest absolute Gasteiger partial charge is 0.135 e. The third-order valence-corrected chi connectivity index (χ3v) is 12.4. The Bertz CT molecular complexity index is 3920. The van der Waals surface area contributed by atoms with Gasteiger partial charge >= 0.3 is 0 Å². The van der Waals surface area contributed by atoms with Crippen LogP contribution in [0, 0.1) is 18.8 Å². The number of aromatic nitrogens is 2.